The molecule has 102 valence electrons. The Morgan fingerprint density at radius 3 is 2.80 bits per heavy atom. The van der Waals surface area contributed by atoms with Crippen molar-refractivity contribution in [3.05, 3.63) is 46.6 Å². The summed E-state index contributed by atoms with van der Waals surface area (Å²) in [6.45, 7) is 0. The van der Waals surface area contributed by atoms with E-state index >= 15 is 0 Å². The van der Waals surface area contributed by atoms with E-state index in [1.807, 2.05) is 6.07 Å². The maximum absolute atomic E-state index is 12.1. The Hall–Kier alpha value is -2.08. The van der Waals surface area contributed by atoms with E-state index in [0.29, 0.717) is 17.9 Å². The fourth-order valence-corrected chi connectivity index (χ4v) is 2.44. The molecule has 0 bridgehead atoms. The van der Waals surface area contributed by atoms with Crippen LogP contribution in [0.3, 0.4) is 0 Å². The lowest BCUT2D eigenvalue weighted by atomic mass is 10.0. The summed E-state index contributed by atoms with van der Waals surface area (Å²) in [5, 5.41) is 15.2. The van der Waals surface area contributed by atoms with Gasteiger partial charge in [0.15, 0.2) is 5.82 Å². The van der Waals surface area contributed by atoms with Crippen LogP contribution in [0, 0.1) is 0 Å². The summed E-state index contributed by atoms with van der Waals surface area (Å²) < 4.78 is 0.815. The number of hydrogen-bond acceptors (Lipinski definition) is 4. The molecule has 1 aromatic carbocycles. The van der Waals surface area contributed by atoms with Crippen LogP contribution in [0.2, 0.25) is 0 Å². The number of carbonyl (C=O) groups excluding carboxylic acids is 1. The third-order valence-electron chi connectivity index (χ3n) is 3.12. The largest absolute Gasteiger partial charge is 0.508 e. The number of nitrogens with zero attached hydrogens (tertiary/aromatic N) is 1. The number of amides is 1. The molecule has 1 aromatic heterocycles. The Balaban J connectivity index is 1.80. The van der Waals surface area contributed by atoms with Gasteiger partial charge in [0.2, 0.25) is 5.91 Å². The van der Waals surface area contributed by atoms with E-state index in [9.17, 15) is 9.90 Å². The van der Waals surface area contributed by atoms with Crippen LogP contribution in [-0.4, -0.2) is 22.0 Å². The van der Waals surface area contributed by atoms with Gasteiger partial charge in [0.25, 0.3) is 0 Å². The van der Waals surface area contributed by atoms with Crippen molar-refractivity contribution in [1.82, 2.24) is 4.98 Å². The smallest absolute Gasteiger partial charge is 0.247 e. The lowest BCUT2D eigenvalue weighted by Gasteiger charge is -2.26. The standard InChI is InChI=1S/C14H12BrN3O2/c15-9-6-11-13(16-7-9)17-12(14(20)18-11)5-8-1-3-10(19)4-2-8/h1-4,6-7,12,19H,5H2,(H,16,17)(H,18,20). The van der Waals surface area contributed by atoms with Crippen LogP contribution in [0.15, 0.2) is 41.0 Å². The number of fused-ring (bicyclic) bond motifs is 1. The summed E-state index contributed by atoms with van der Waals surface area (Å²) in [7, 11) is 0. The van der Waals surface area contributed by atoms with Gasteiger partial charge in [0, 0.05) is 17.1 Å². The molecule has 2 heterocycles. The second-order valence-corrected chi connectivity index (χ2v) is 5.52. The van der Waals surface area contributed by atoms with Crippen LogP contribution >= 0.6 is 15.9 Å². The number of carbonyl (C=O) groups is 1. The molecule has 1 atom stereocenters. The van der Waals surface area contributed by atoms with E-state index in [1.165, 1.54) is 0 Å². The predicted octanol–water partition coefficient (Wildman–Crippen LogP) is 2.53. The van der Waals surface area contributed by atoms with Crippen molar-refractivity contribution in [1.29, 1.82) is 0 Å². The highest BCUT2D eigenvalue weighted by molar-refractivity contribution is 9.10. The van der Waals surface area contributed by atoms with Gasteiger partial charge in [-0.25, -0.2) is 4.98 Å². The number of aromatic nitrogens is 1. The van der Waals surface area contributed by atoms with Gasteiger partial charge in [0.1, 0.15) is 11.8 Å². The number of rotatable bonds is 2. The first-order valence-electron chi connectivity index (χ1n) is 6.13. The minimum absolute atomic E-state index is 0.0922. The number of hydrogen-bond donors (Lipinski definition) is 3. The van der Waals surface area contributed by atoms with Crippen molar-refractivity contribution >= 4 is 33.3 Å². The van der Waals surface area contributed by atoms with Crippen LogP contribution in [0.5, 0.6) is 5.75 Å². The Morgan fingerprint density at radius 1 is 1.30 bits per heavy atom. The molecule has 0 fully saturated rings. The highest BCUT2D eigenvalue weighted by Gasteiger charge is 2.26. The minimum Gasteiger partial charge on any atom is -0.508 e. The number of anilines is 2. The van der Waals surface area contributed by atoms with E-state index in [2.05, 4.69) is 31.5 Å². The molecule has 2 aromatic rings. The number of phenols is 1. The third kappa shape index (κ3) is 2.60. The molecule has 5 nitrogen and oxygen atoms in total. The predicted molar refractivity (Wildman–Crippen MR) is 79.8 cm³/mol. The number of halogens is 1. The van der Waals surface area contributed by atoms with Gasteiger partial charge in [-0.3, -0.25) is 4.79 Å². The molecule has 0 radical (unpaired) electrons. The fraction of sp³-hybridized carbons (Fsp3) is 0.143. The number of aromatic hydroxyl groups is 1. The van der Waals surface area contributed by atoms with E-state index < -0.39 is 0 Å². The number of phenolic OH excluding ortho intramolecular Hbond substituents is 1. The number of pyridine rings is 1. The Labute approximate surface area is 124 Å². The molecule has 0 spiro atoms. The fourth-order valence-electron chi connectivity index (χ4n) is 2.11. The number of nitrogens with one attached hydrogen (secondary N) is 2. The first-order chi connectivity index (χ1) is 9.61. The molecule has 20 heavy (non-hydrogen) atoms. The van der Waals surface area contributed by atoms with Gasteiger partial charge in [-0.05, 0) is 39.7 Å². The highest BCUT2D eigenvalue weighted by Crippen LogP contribution is 2.28. The number of benzene rings is 1. The van der Waals surface area contributed by atoms with Crippen molar-refractivity contribution in [2.75, 3.05) is 10.6 Å². The second-order valence-electron chi connectivity index (χ2n) is 4.61. The average molecular weight is 334 g/mol. The molecule has 1 aliphatic heterocycles. The monoisotopic (exact) mass is 333 g/mol. The molecule has 6 heteroatoms. The summed E-state index contributed by atoms with van der Waals surface area (Å²) in [5.41, 5.74) is 1.64. The lowest BCUT2D eigenvalue weighted by Crippen LogP contribution is -2.40. The van der Waals surface area contributed by atoms with Crippen LogP contribution < -0.4 is 10.6 Å². The summed E-state index contributed by atoms with van der Waals surface area (Å²) in [6, 6.07) is 8.26. The Morgan fingerprint density at radius 2 is 2.05 bits per heavy atom. The van der Waals surface area contributed by atoms with Gasteiger partial charge >= 0.3 is 0 Å². The molecule has 3 N–H and O–H groups in total. The van der Waals surface area contributed by atoms with E-state index in [0.717, 1.165) is 10.0 Å². The molecular weight excluding hydrogens is 322 g/mol. The first kappa shape index (κ1) is 12.9. The van der Waals surface area contributed by atoms with Crippen LogP contribution in [0.1, 0.15) is 5.56 Å². The highest BCUT2D eigenvalue weighted by atomic mass is 79.9. The van der Waals surface area contributed by atoms with Gasteiger partial charge in [-0.1, -0.05) is 12.1 Å². The second kappa shape index (κ2) is 5.13. The van der Waals surface area contributed by atoms with Gasteiger partial charge < -0.3 is 15.7 Å². The zero-order valence-electron chi connectivity index (χ0n) is 10.4. The lowest BCUT2D eigenvalue weighted by molar-refractivity contribution is -0.117. The van der Waals surface area contributed by atoms with Crippen molar-refractivity contribution in [2.24, 2.45) is 0 Å². The average Bonchev–Trinajstić information content (AvgIpc) is 2.42. The summed E-state index contributed by atoms with van der Waals surface area (Å²) >= 11 is 3.32. The third-order valence-corrected chi connectivity index (χ3v) is 3.55. The zero-order chi connectivity index (χ0) is 14.1. The Bertz CT molecular complexity index is 658. The van der Waals surface area contributed by atoms with E-state index in [4.69, 9.17) is 0 Å². The summed E-state index contributed by atoms with van der Waals surface area (Å²) in [6.07, 6.45) is 2.21. The van der Waals surface area contributed by atoms with Gasteiger partial charge in [-0.15, -0.1) is 0 Å². The topological polar surface area (TPSA) is 74.2 Å². The SMILES string of the molecule is O=C1Nc2cc(Br)cnc2NC1Cc1ccc(O)cc1. The van der Waals surface area contributed by atoms with Crippen LogP contribution in [-0.2, 0) is 11.2 Å². The summed E-state index contributed by atoms with van der Waals surface area (Å²) in [4.78, 5) is 16.3. The molecule has 1 aliphatic rings. The van der Waals surface area contributed by atoms with Crippen LogP contribution in [0.4, 0.5) is 11.5 Å². The molecule has 3 rings (SSSR count). The molecular formula is C14H12BrN3O2. The molecule has 0 aliphatic carbocycles. The van der Waals surface area contributed by atoms with Crippen molar-refractivity contribution in [3.63, 3.8) is 0 Å². The maximum atomic E-state index is 12.1. The zero-order valence-corrected chi connectivity index (χ0v) is 12.0. The minimum atomic E-state index is -0.374. The molecule has 0 saturated heterocycles. The van der Waals surface area contributed by atoms with E-state index in [-0.39, 0.29) is 17.7 Å². The van der Waals surface area contributed by atoms with Crippen molar-refractivity contribution in [3.8, 4) is 5.75 Å². The van der Waals surface area contributed by atoms with Crippen molar-refractivity contribution < 1.29 is 9.90 Å². The molecule has 1 unspecified atom stereocenters. The van der Waals surface area contributed by atoms with Crippen molar-refractivity contribution in [2.45, 2.75) is 12.5 Å². The molecule has 1 amide bonds. The van der Waals surface area contributed by atoms with Gasteiger partial charge in [-0.2, -0.15) is 0 Å². The summed E-state index contributed by atoms with van der Waals surface area (Å²) in [5.74, 6) is 0.786. The van der Waals surface area contributed by atoms with Crippen LogP contribution in [0.25, 0.3) is 0 Å². The normalized spacial score (nSPS) is 17.1. The molecule has 0 saturated carbocycles. The Kier molecular flexibility index (Phi) is 3.31. The first-order valence-corrected chi connectivity index (χ1v) is 6.92. The van der Waals surface area contributed by atoms with Gasteiger partial charge in [0.05, 0.1) is 5.69 Å². The van der Waals surface area contributed by atoms with E-state index in [1.54, 1.807) is 30.5 Å². The maximum Gasteiger partial charge on any atom is 0.247 e. The quantitative estimate of drug-likeness (QED) is 0.789.